The molecule has 1 aromatic carbocycles. The molecule has 1 aromatic heterocycles. The lowest BCUT2D eigenvalue weighted by Crippen LogP contribution is -2.18. The number of nitrogens with zero attached hydrogens (tertiary/aromatic N) is 1. The highest BCUT2D eigenvalue weighted by atomic mass is 16.5. The molecule has 0 spiro atoms. The fourth-order valence-corrected chi connectivity index (χ4v) is 3.71. The van der Waals surface area contributed by atoms with Crippen LogP contribution in [0.1, 0.15) is 40.2 Å². The first-order valence-electron chi connectivity index (χ1n) is 10.3. The van der Waals surface area contributed by atoms with Crippen LogP contribution >= 0.6 is 0 Å². The third-order valence-electron chi connectivity index (χ3n) is 5.42. The first-order valence-corrected chi connectivity index (χ1v) is 10.3. The Morgan fingerprint density at radius 3 is 2.45 bits per heavy atom. The van der Waals surface area contributed by atoms with Gasteiger partial charge in [-0.2, -0.15) is 0 Å². The Balaban J connectivity index is 1.59. The van der Waals surface area contributed by atoms with Gasteiger partial charge < -0.3 is 23.5 Å². The van der Waals surface area contributed by atoms with Gasteiger partial charge in [-0.25, -0.2) is 4.79 Å². The van der Waals surface area contributed by atoms with E-state index in [0.29, 0.717) is 17.1 Å². The van der Waals surface area contributed by atoms with Gasteiger partial charge in [0.25, 0.3) is 0 Å². The third kappa shape index (κ3) is 5.76. The molecule has 0 unspecified atom stereocenters. The second kappa shape index (κ2) is 10.3. The van der Waals surface area contributed by atoms with Crippen LogP contribution < -0.4 is 9.47 Å². The van der Waals surface area contributed by atoms with Gasteiger partial charge in [-0.1, -0.05) is 0 Å². The van der Waals surface area contributed by atoms with Crippen LogP contribution in [0.15, 0.2) is 30.3 Å². The van der Waals surface area contributed by atoms with Gasteiger partial charge in [0.15, 0.2) is 6.61 Å². The molecule has 2 heterocycles. The number of benzene rings is 1. The molecule has 0 bridgehead atoms. The van der Waals surface area contributed by atoms with Gasteiger partial charge in [0.2, 0.25) is 5.78 Å². The maximum atomic E-state index is 12.6. The highest BCUT2D eigenvalue weighted by Crippen LogP contribution is 2.23. The summed E-state index contributed by atoms with van der Waals surface area (Å²) in [4.78, 5) is 24.7. The number of esters is 1. The van der Waals surface area contributed by atoms with E-state index in [2.05, 4.69) is 4.57 Å². The Kier molecular flexibility index (Phi) is 7.52. The fourth-order valence-electron chi connectivity index (χ4n) is 3.71. The molecule has 0 N–H and O–H groups in total. The second-order valence-electron chi connectivity index (χ2n) is 7.54. The van der Waals surface area contributed by atoms with Crippen molar-refractivity contribution in [2.24, 2.45) is 0 Å². The number of aryl methyl sites for hydroxylation is 1. The lowest BCUT2D eigenvalue weighted by molar-refractivity contribution is -0.136. The van der Waals surface area contributed by atoms with E-state index in [-0.39, 0.29) is 18.5 Å². The van der Waals surface area contributed by atoms with Crippen molar-refractivity contribution in [1.29, 1.82) is 0 Å². The number of hydrogen-bond donors (Lipinski definition) is 0. The van der Waals surface area contributed by atoms with E-state index in [4.69, 9.17) is 18.9 Å². The van der Waals surface area contributed by atoms with E-state index in [9.17, 15) is 9.59 Å². The standard InChI is InChI=1S/C24H29NO6/c1-16-10-22(17(2)25(16)14-19-6-5-9-30-19)23(26)15-31-24(27)8-7-18-11-20(28-3)13-21(12-18)29-4/h7-8,10-13,19H,5-6,9,14-15H2,1-4H3/b8-7+/t19-/m0/s1. The van der Waals surface area contributed by atoms with Crippen LogP contribution in [-0.2, 0) is 20.8 Å². The summed E-state index contributed by atoms with van der Waals surface area (Å²) in [5.41, 5.74) is 3.16. The van der Waals surface area contributed by atoms with Crippen molar-refractivity contribution >= 4 is 17.8 Å². The van der Waals surface area contributed by atoms with Crippen molar-refractivity contribution in [3.05, 3.63) is 52.9 Å². The summed E-state index contributed by atoms with van der Waals surface area (Å²) >= 11 is 0. The number of hydrogen-bond acceptors (Lipinski definition) is 6. The van der Waals surface area contributed by atoms with Gasteiger partial charge in [0.1, 0.15) is 11.5 Å². The largest absolute Gasteiger partial charge is 0.497 e. The van der Waals surface area contributed by atoms with Crippen molar-refractivity contribution in [2.75, 3.05) is 27.4 Å². The van der Waals surface area contributed by atoms with Crippen molar-refractivity contribution in [2.45, 2.75) is 39.3 Å². The molecule has 0 aliphatic carbocycles. The molecule has 7 nitrogen and oxygen atoms in total. The van der Waals surface area contributed by atoms with Gasteiger partial charge in [0.05, 0.1) is 20.3 Å². The minimum atomic E-state index is -0.594. The molecule has 1 aliphatic heterocycles. The Morgan fingerprint density at radius 1 is 1.13 bits per heavy atom. The number of aromatic nitrogens is 1. The van der Waals surface area contributed by atoms with Gasteiger partial charge in [-0.15, -0.1) is 0 Å². The maximum Gasteiger partial charge on any atom is 0.331 e. The summed E-state index contributed by atoms with van der Waals surface area (Å²) in [6.45, 7) is 5.09. The van der Waals surface area contributed by atoms with Crippen LogP contribution in [0.3, 0.4) is 0 Å². The number of carbonyl (C=O) groups is 2. The Morgan fingerprint density at radius 2 is 1.84 bits per heavy atom. The second-order valence-corrected chi connectivity index (χ2v) is 7.54. The molecule has 1 aliphatic rings. The molecule has 7 heteroatoms. The van der Waals surface area contributed by atoms with Crippen molar-refractivity contribution in [1.82, 2.24) is 4.57 Å². The molecule has 31 heavy (non-hydrogen) atoms. The van der Waals surface area contributed by atoms with E-state index < -0.39 is 5.97 Å². The third-order valence-corrected chi connectivity index (χ3v) is 5.42. The quantitative estimate of drug-likeness (QED) is 0.345. The van der Waals surface area contributed by atoms with Gasteiger partial charge >= 0.3 is 5.97 Å². The number of carbonyl (C=O) groups excluding carboxylic acids is 2. The van der Waals surface area contributed by atoms with E-state index >= 15 is 0 Å². The van der Waals surface area contributed by atoms with Crippen LogP contribution in [-0.4, -0.2) is 49.9 Å². The molecule has 2 aromatic rings. The molecular formula is C24H29NO6. The number of rotatable bonds is 9. The van der Waals surface area contributed by atoms with Crippen molar-refractivity contribution in [3.63, 3.8) is 0 Å². The molecule has 1 saturated heterocycles. The minimum absolute atomic E-state index is 0.186. The fraction of sp³-hybridized carbons (Fsp3) is 0.417. The summed E-state index contributed by atoms with van der Waals surface area (Å²) in [7, 11) is 3.11. The van der Waals surface area contributed by atoms with Crippen LogP contribution in [0.2, 0.25) is 0 Å². The molecule has 166 valence electrons. The molecular weight excluding hydrogens is 398 g/mol. The normalized spacial score (nSPS) is 15.9. The minimum Gasteiger partial charge on any atom is -0.497 e. The summed E-state index contributed by atoms with van der Waals surface area (Å²) in [5, 5.41) is 0. The lowest BCUT2D eigenvalue weighted by Gasteiger charge is -2.14. The molecule has 3 rings (SSSR count). The molecule has 0 radical (unpaired) electrons. The highest BCUT2D eigenvalue weighted by Gasteiger charge is 2.21. The van der Waals surface area contributed by atoms with E-state index in [1.807, 2.05) is 19.9 Å². The lowest BCUT2D eigenvalue weighted by atomic mass is 10.1. The van der Waals surface area contributed by atoms with E-state index in [1.165, 1.54) is 6.08 Å². The summed E-state index contributed by atoms with van der Waals surface area (Å²) in [6.07, 6.45) is 5.16. The Bertz CT molecular complexity index is 946. The average Bonchev–Trinajstić information content (AvgIpc) is 3.39. The first kappa shape index (κ1) is 22.6. The number of methoxy groups -OCH3 is 2. The zero-order chi connectivity index (χ0) is 22.4. The summed E-state index contributed by atoms with van der Waals surface area (Å²) in [5.74, 6) is 0.404. The van der Waals surface area contributed by atoms with Crippen molar-refractivity contribution in [3.8, 4) is 11.5 Å². The monoisotopic (exact) mass is 427 g/mol. The Labute approximate surface area is 182 Å². The Hall–Kier alpha value is -3.06. The molecule has 0 saturated carbocycles. The summed E-state index contributed by atoms with van der Waals surface area (Å²) in [6, 6.07) is 7.11. The zero-order valence-corrected chi connectivity index (χ0v) is 18.5. The van der Waals surface area contributed by atoms with E-state index in [1.54, 1.807) is 38.5 Å². The number of ketones is 1. The predicted molar refractivity (Wildman–Crippen MR) is 117 cm³/mol. The average molecular weight is 427 g/mol. The molecule has 1 fully saturated rings. The predicted octanol–water partition coefficient (Wildman–Crippen LogP) is 3.74. The van der Waals surface area contributed by atoms with Crippen LogP contribution in [0.25, 0.3) is 6.08 Å². The van der Waals surface area contributed by atoms with Gasteiger partial charge in [-0.05, 0) is 56.5 Å². The SMILES string of the molecule is COc1cc(/C=C/C(=O)OCC(=O)c2cc(C)n(C[C@@H]3CCCO3)c2C)cc(OC)c1. The van der Waals surface area contributed by atoms with Gasteiger partial charge in [-0.3, -0.25) is 4.79 Å². The number of Topliss-reactive ketones (excluding diaryl/α,β-unsaturated/α-hetero) is 1. The van der Waals surface area contributed by atoms with Crippen LogP contribution in [0.5, 0.6) is 11.5 Å². The van der Waals surface area contributed by atoms with Gasteiger partial charge in [0, 0.05) is 42.2 Å². The topological polar surface area (TPSA) is 76.0 Å². The molecule has 0 amide bonds. The maximum absolute atomic E-state index is 12.6. The number of ether oxygens (including phenoxy) is 4. The summed E-state index contributed by atoms with van der Waals surface area (Å²) < 4.78 is 23.4. The van der Waals surface area contributed by atoms with Crippen molar-refractivity contribution < 1.29 is 28.5 Å². The molecule has 1 atom stereocenters. The van der Waals surface area contributed by atoms with Crippen LogP contribution in [0.4, 0.5) is 0 Å². The first-order chi connectivity index (χ1) is 14.9. The smallest absolute Gasteiger partial charge is 0.331 e. The highest BCUT2D eigenvalue weighted by molar-refractivity contribution is 6.00. The van der Waals surface area contributed by atoms with E-state index in [0.717, 1.165) is 42.9 Å². The zero-order valence-electron chi connectivity index (χ0n) is 18.5. The van der Waals surface area contributed by atoms with Crippen LogP contribution in [0, 0.1) is 13.8 Å².